The molecule has 1 N–H and O–H groups in total. The van der Waals surface area contributed by atoms with Crippen LogP contribution in [0.1, 0.15) is 27.2 Å². The first kappa shape index (κ1) is 22.1. The molecule has 0 spiro atoms. The second-order valence-corrected chi connectivity index (χ2v) is 7.86. The third-order valence-electron chi connectivity index (χ3n) is 5.49. The largest absolute Gasteiger partial charge is 0.468 e. The van der Waals surface area contributed by atoms with Crippen LogP contribution in [0, 0.1) is 0 Å². The maximum Gasteiger partial charge on any atom is 0.416 e. The van der Waals surface area contributed by atoms with Gasteiger partial charge in [0.05, 0.1) is 18.4 Å². The summed E-state index contributed by atoms with van der Waals surface area (Å²) in [7, 11) is 0. The first-order chi connectivity index (χ1) is 15.4. The Kier molecular flexibility index (Phi) is 6.62. The standard InChI is InChI=1S/C24H24F3N3O2/c25-24(26,27)20-4-1-3-19(15-20)23(31)28-21-8-6-18(7-9-21)16-29-10-12-30(13-11-29)17-22-5-2-14-32-22/h1-9,14-15H,10-13,16-17H2,(H,28,31). The third-order valence-corrected chi connectivity index (χ3v) is 5.49. The van der Waals surface area contributed by atoms with Crippen molar-refractivity contribution in [2.24, 2.45) is 0 Å². The van der Waals surface area contributed by atoms with E-state index in [4.69, 9.17) is 4.42 Å². The minimum atomic E-state index is -4.48. The molecule has 32 heavy (non-hydrogen) atoms. The number of piperazine rings is 1. The molecule has 1 aliphatic heterocycles. The molecule has 4 rings (SSSR count). The maximum atomic E-state index is 12.9. The predicted molar refractivity (Wildman–Crippen MR) is 115 cm³/mol. The van der Waals surface area contributed by atoms with Crippen LogP contribution in [0.4, 0.5) is 18.9 Å². The van der Waals surface area contributed by atoms with E-state index in [-0.39, 0.29) is 5.56 Å². The van der Waals surface area contributed by atoms with E-state index in [2.05, 4.69) is 15.1 Å². The Balaban J connectivity index is 1.28. The summed E-state index contributed by atoms with van der Waals surface area (Å²) >= 11 is 0. The highest BCUT2D eigenvalue weighted by atomic mass is 19.4. The minimum Gasteiger partial charge on any atom is -0.468 e. The summed E-state index contributed by atoms with van der Waals surface area (Å²) in [5.41, 5.74) is 0.780. The van der Waals surface area contributed by atoms with Gasteiger partial charge in [0.15, 0.2) is 0 Å². The number of alkyl halides is 3. The van der Waals surface area contributed by atoms with Gasteiger partial charge < -0.3 is 9.73 Å². The molecule has 0 atom stereocenters. The average molecular weight is 443 g/mol. The summed E-state index contributed by atoms with van der Waals surface area (Å²) in [6.45, 7) is 5.46. The van der Waals surface area contributed by atoms with E-state index in [0.717, 1.165) is 62.7 Å². The monoisotopic (exact) mass is 443 g/mol. The Labute approximate surface area is 184 Å². The van der Waals surface area contributed by atoms with Crippen molar-refractivity contribution in [3.8, 4) is 0 Å². The van der Waals surface area contributed by atoms with E-state index in [1.807, 2.05) is 24.3 Å². The summed E-state index contributed by atoms with van der Waals surface area (Å²) in [5.74, 6) is 0.401. The van der Waals surface area contributed by atoms with E-state index in [9.17, 15) is 18.0 Å². The van der Waals surface area contributed by atoms with Gasteiger partial charge in [-0.3, -0.25) is 14.6 Å². The molecule has 1 amide bonds. The number of nitrogens with one attached hydrogen (secondary N) is 1. The third kappa shape index (κ3) is 5.77. The van der Waals surface area contributed by atoms with Crippen molar-refractivity contribution in [3.05, 3.63) is 89.4 Å². The van der Waals surface area contributed by atoms with Gasteiger partial charge >= 0.3 is 6.18 Å². The molecule has 2 aromatic carbocycles. The van der Waals surface area contributed by atoms with Gasteiger partial charge in [0, 0.05) is 44.0 Å². The number of benzene rings is 2. The van der Waals surface area contributed by atoms with E-state index < -0.39 is 17.6 Å². The molecule has 5 nitrogen and oxygen atoms in total. The lowest BCUT2D eigenvalue weighted by atomic mass is 10.1. The topological polar surface area (TPSA) is 48.7 Å². The molecular formula is C24H24F3N3O2. The van der Waals surface area contributed by atoms with Crippen molar-refractivity contribution >= 4 is 11.6 Å². The summed E-state index contributed by atoms with van der Waals surface area (Å²) < 4.78 is 44.0. The summed E-state index contributed by atoms with van der Waals surface area (Å²) in [6.07, 6.45) is -2.79. The number of amides is 1. The molecule has 2 heterocycles. The minimum absolute atomic E-state index is 0.0312. The molecule has 168 valence electrons. The van der Waals surface area contributed by atoms with Crippen LogP contribution in [0.15, 0.2) is 71.3 Å². The van der Waals surface area contributed by atoms with Gasteiger partial charge in [0.1, 0.15) is 5.76 Å². The molecule has 0 aliphatic carbocycles. The van der Waals surface area contributed by atoms with Crippen LogP contribution < -0.4 is 5.32 Å². The molecular weight excluding hydrogens is 419 g/mol. The Hall–Kier alpha value is -3.10. The van der Waals surface area contributed by atoms with E-state index in [1.165, 1.54) is 12.1 Å². The molecule has 0 saturated carbocycles. The fourth-order valence-electron chi connectivity index (χ4n) is 3.72. The van der Waals surface area contributed by atoms with Crippen LogP contribution in [-0.2, 0) is 19.3 Å². The predicted octanol–water partition coefficient (Wildman–Crippen LogP) is 4.87. The van der Waals surface area contributed by atoms with Crippen LogP contribution in [0.5, 0.6) is 0 Å². The van der Waals surface area contributed by atoms with Gasteiger partial charge in [0.2, 0.25) is 0 Å². The van der Waals surface area contributed by atoms with Gasteiger partial charge in [-0.25, -0.2) is 0 Å². The van der Waals surface area contributed by atoms with Crippen LogP contribution >= 0.6 is 0 Å². The lowest BCUT2D eigenvalue weighted by Gasteiger charge is -2.34. The first-order valence-corrected chi connectivity index (χ1v) is 10.4. The lowest BCUT2D eigenvalue weighted by molar-refractivity contribution is -0.137. The summed E-state index contributed by atoms with van der Waals surface area (Å²) in [5, 5.41) is 2.66. The number of halogens is 3. The summed E-state index contributed by atoms with van der Waals surface area (Å²) in [6, 6.07) is 15.7. The fraction of sp³-hybridized carbons (Fsp3) is 0.292. The maximum absolute atomic E-state index is 12.9. The number of hydrogen-bond donors (Lipinski definition) is 1. The van der Waals surface area contributed by atoms with Crippen molar-refractivity contribution in [2.45, 2.75) is 19.3 Å². The molecule has 1 saturated heterocycles. The Bertz CT molecular complexity index is 1030. The number of nitrogens with zero attached hydrogens (tertiary/aromatic N) is 2. The molecule has 1 fully saturated rings. The number of carbonyl (C=O) groups excluding carboxylic acids is 1. The van der Waals surface area contributed by atoms with Crippen molar-refractivity contribution in [1.29, 1.82) is 0 Å². The van der Waals surface area contributed by atoms with Crippen LogP contribution in [0.3, 0.4) is 0 Å². The van der Waals surface area contributed by atoms with E-state index in [0.29, 0.717) is 5.69 Å². The van der Waals surface area contributed by atoms with E-state index in [1.54, 1.807) is 18.4 Å². The van der Waals surface area contributed by atoms with Crippen molar-refractivity contribution in [1.82, 2.24) is 9.80 Å². The van der Waals surface area contributed by atoms with Gasteiger partial charge in [-0.05, 0) is 48.0 Å². The Morgan fingerprint density at radius 1 is 0.906 bits per heavy atom. The Morgan fingerprint density at radius 2 is 1.59 bits per heavy atom. The van der Waals surface area contributed by atoms with Crippen LogP contribution in [0.25, 0.3) is 0 Å². The van der Waals surface area contributed by atoms with E-state index >= 15 is 0 Å². The second-order valence-electron chi connectivity index (χ2n) is 7.86. The molecule has 1 aliphatic rings. The first-order valence-electron chi connectivity index (χ1n) is 10.4. The van der Waals surface area contributed by atoms with Crippen LogP contribution in [-0.4, -0.2) is 41.9 Å². The van der Waals surface area contributed by atoms with Crippen molar-refractivity contribution in [2.75, 3.05) is 31.5 Å². The normalized spacial score (nSPS) is 15.6. The Morgan fingerprint density at radius 3 is 2.22 bits per heavy atom. The zero-order valence-electron chi connectivity index (χ0n) is 17.4. The SMILES string of the molecule is O=C(Nc1ccc(CN2CCN(Cc3ccco3)CC2)cc1)c1cccc(C(F)(F)F)c1. The zero-order valence-corrected chi connectivity index (χ0v) is 17.4. The molecule has 3 aromatic rings. The summed E-state index contributed by atoms with van der Waals surface area (Å²) in [4.78, 5) is 17.1. The van der Waals surface area contributed by atoms with Gasteiger partial charge in [-0.2, -0.15) is 13.2 Å². The number of furan rings is 1. The highest BCUT2D eigenvalue weighted by Crippen LogP contribution is 2.29. The number of hydrogen-bond acceptors (Lipinski definition) is 4. The second kappa shape index (κ2) is 9.58. The smallest absolute Gasteiger partial charge is 0.416 e. The van der Waals surface area contributed by atoms with Gasteiger partial charge in [-0.15, -0.1) is 0 Å². The lowest BCUT2D eigenvalue weighted by Crippen LogP contribution is -2.45. The van der Waals surface area contributed by atoms with Gasteiger partial charge in [-0.1, -0.05) is 18.2 Å². The molecule has 0 radical (unpaired) electrons. The average Bonchev–Trinajstić information content (AvgIpc) is 3.29. The van der Waals surface area contributed by atoms with Gasteiger partial charge in [0.25, 0.3) is 5.91 Å². The highest BCUT2D eigenvalue weighted by molar-refractivity contribution is 6.04. The van der Waals surface area contributed by atoms with Crippen LogP contribution in [0.2, 0.25) is 0 Å². The zero-order chi connectivity index (χ0) is 22.6. The molecule has 0 unspecified atom stereocenters. The highest BCUT2D eigenvalue weighted by Gasteiger charge is 2.30. The molecule has 1 aromatic heterocycles. The molecule has 0 bridgehead atoms. The fourth-order valence-corrected chi connectivity index (χ4v) is 3.72. The number of rotatable bonds is 6. The van der Waals surface area contributed by atoms with Crippen molar-refractivity contribution < 1.29 is 22.4 Å². The molecule has 8 heteroatoms. The van der Waals surface area contributed by atoms with Crippen molar-refractivity contribution in [3.63, 3.8) is 0 Å². The number of carbonyl (C=O) groups is 1. The quantitative estimate of drug-likeness (QED) is 0.591. The number of anilines is 1.